The number of likely N-dealkylation sites (tertiary alicyclic amines) is 1. The Morgan fingerprint density at radius 2 is 1.93 bits per heavy atom. The van der Waals surface area contributed by atoms with Crippen LogP contribution < -0.4 is 5.32 Å². The normalized spacial score (nSPS) is 15.4. The number of rotatable bonds is 6. The number of ether oxygens (including phenoxy) is 1. The molecule has 0 atom stereocenters. The van der Waals surface area contributed by atoms with Gasteiger partial charge in [-0.2, -0.15) is 5.10 Å². The highest BCUT2D eigenvalue weighted by Crippen LogP contribution is 2.19. The van der Waals surface area contributed by atoms with Crippen LogP contribution in [0.1, 0.15) is 50.6 Å². The molecule has 0 saturated carbocycles. The van der Waals surface area contributed by atoms with E-state index in [1.54, 1.807) is 0 Å². The smallest absolute Gasteiger partial charge is 0.309 e. The van der Waals surface area contributed by atoms with Gasteiger partial charge < -0.3 is 15.0 Å². The van der Waals surface area contributed by atoms with E-state index in [1.807, 2.05) is 25.7 Å². The maximum absolute atomic E-state index is 11.9. The zero-order chi connectivity index (χ0) is 19.1. The van der Waals surface area contributed by atoms with E-state index in [4.69, 9.17) is 4.74 Å². The molecule has 2 heterocycles. The molecule has 0 spiro atoms. The number of esters is 1. The van der Waals surface area contributed by atoms with Gasteiger partial charge in [-0.25, -0.2) is 0 Å². The Hall–Kier alpha value is -1.32. The van der Waals surface area contributed by atoms with Gasteiger partial charge in [0.15, 0.2) is 5.96 Å². The van der Waals surface area contributed by atoms with Crippen LogP contribution in [0.15, 0.2) is 4.99 Å². The highest BCUT2D eigenvalue weighted by Gasteiger charge is 2.27. The van der Waals surface area contributed by atoms with E-state index >= 15 is 0 Å². The predicted molar refractivity (Wildman–Crippen MR) is 119 cm³/mol. The van der Waals surface area contributed by atoms with Crippen LogP contribution in [-0.2, 0) is 36.0 Å². The third kappa shape index (κ3) is 5.83. The van der Waals surface area contributed by atoms with Gasteiger partial charge in [0.25, 0.3) is 0 Å². The van der Waals surface area contributed by atoms with Gasteiger partial charge in [0.1, 0.15) is 0 Å². The summed E-state index contributed by atoms with van der Waals surface area (Å²) in [6.45, 7) is 8.97. The zero-order valence-corrected chi connectivity index (χ0v) is 19.6. The van der Waals surface area contributed by atoms with Crippen molar-refractivity contribution >= 4 is 35.9 Å². The summed E-state index contributed by atoms with van der Waals surface area (Å²) in [5.41, 5.74) is 3.69. The Balaban J connectivity index is 0.00000364. The van der Waals surface area contributed by atoms with Gasteiger partial charge in [0.05, 0.1) is 18.2 Å². The van der Waals surface area contributed by atoms with Crippen molar-refractivity contribution in [1.29, 1.82) is 0 Å². The molecule has 0 aliphatic carbocycles. The third-order valence-corrected chi connectivity index (χ3v) is 5.08. The second-order valence-corrected chi connectivity index (χ2v) is 6.62. The van der Waals surface area contributed by atoms with Gasteiger partial charge in [0.2, 0.25) is 0 Å². The van der Waals surface area contributed by atoms with Crippen LogP contribution in [0.5, 0.6) is 0 Å². The average molecular weight is 491 g/mol. The van der Waals surface area contributed by atoms with Crippen molar-refractivity contribution in [1.82, 2.24) is 20.0 Å². The molecule has 1 aliphatic heterocycles. The lowest BCUT2D eigenvalue weighted by Gasteiger charge is -2.33. The molecule has 7 nitrogen and oxygen atoms in total. The minimum absolute atomic E-state index is 0. The van der Waals surface area contributed by atoms with Crippen molar-refractivity contribution in [2.75, 3.05) is 26.7 Å². The first-order valence-electron chi connectivity index (χ1n) is 9.71. The molecular weight excluding hydrogens is 457 g/mol. The molecule has 8 heteroatoms. The second-order valence-electron chi connectivity index (χ2n) is 6.62. The Kier molecular flexibility index (Phi) is 10.1. The number of guanidine groups is 1. The molecule has 1 aromatic heterocycles. The predicted octanol–water partition coefficient (Wildman–Crippen LogP) is 2.51. The van der Waals surface area contributed by atoms with E-state index in [-0.39, 0.29) is 35.9 Å². The zero-order valence-electron chi connectivity index (χ0n) is 17.2. The number of aliphatic imine (C=N–C) groups is 1. The Morgan fingerprint density at radius 3 is 2.44 bits per heavy atom. The molecule has 154 valence electrons. The van der Waals surface area contributed by atoms with Crippen LogP contribution >= 0.6 is 24.0 Å². The molecule has 1 N–H and O–H groups in total. The van der Waals surface area contributed by atoms with Gasteiger partial charge in [0, 0.05) is 45.0 Å². The van der Waals surface area contributed by atoms with Crippen LogP contribution in [-0.4, -0.2) is 53.4 Å². The number of hydrogen-bond acceptors (Lipinski definition) is 4. The van der Waals surface area contributed by atoms with E-state index < -0.39 is 0 Å². The fourth-order valence-electron chi connectivity index (χ4n) is 3.68. The number of halogens is 1. The summed E-state index contributed by atoms with van der Waals surface area (Å²) >= 11 is 0. The average Bonchev–Trinajstić information content (AvgIpc) is 2.97. The quantitative estimate of drug-likeness (QED) is 0.287. The molecule has 1 aromatic rings. The monoisotopic (exact) mass is 491 g/mol. The van der Waals surface area contributed by atoms with Crippen LogP contribution in [0.3, 0.4) is 0 Å². The molecule has 1 fully saturated rings. The first-order chi connectivity index (χ1) is 12.5. The maximum atomic E-state index is 11.9. The Bertz CT molecular complexity index is 636. The van der Waals surface area contributed by atoms with Crippen molar-refractivity contribution in [2.24, 2.45) is 18.0 Å². The number of carbonyl (C=O) groups excluding carboxylic acids is 1. The van der Waals surface area contributed by atoms with E-state index in [0.29, 0.717) is 6.61 Å². The molecule has 27 heavy (non-hydrogen) atoms. The molecule has 0 unspecified atom stereocenters. The largest absolute Gasteiger partial charge is 0.466 e. The highest BCUT2D eigenvalue weighted by atomic mass is 127. The first kappa shape index (κ1) is 23.7. The number of nitrogens with zero attached hydrogens (tertiary/aromatic N) is 4. The van der Waals surface area contributed by atoms with Gasteiger partial charge >= 0.3 is 5.97 Å². The van der Waals surface area contributed by atoms with Crippen molar-refractivity contribution in [3.8, 4) is 0 Å². The number of aryl methyl sites for hydroxylation is 2. The fourth-order valence-corrected chi connectivity index (χ4v) is 3.68. The second kappa shape index (κ2) is 11.5. The summed E-state index contributed by atoms with van der Waals surface area (Å²) in [5.74, 6) is 0.840. The van der Waals surface area contributed by atoms with E-state index in [9.17, 15) is 4.79 Å². The Labute approximate surface area is 179 Å². The first-order valence-corrected chi connectivity index (χ1v) is 9.71. The summed E-state index contributed by atoms with van der Waals surface area (Å²) in [7, 11) is 3.82. The van der Waals surface area contributed by atoms with Crippen molar-refractivity contribution < 1.29 is 9.53 Å². The van der Waals surface area contributed by atoms with Crippen LogP contribution in [0.25, 0.3) is 0 Å². The molecule has 1 saturated heterocycles. The molecule has 0 amide bonds. The number of piperidine rings is 1. The number of nitrogens with one attached hydrogen (secondary N) is 1. The van der Waals surface area contributed by atoms with Gasteiger partial charge in [-0.1, -0.05) is 13.8 Å². The van der Waals surface area contributed by atoms with Gasteiger partial charge in [-0.15, -0.1) is 24.0 Å². The van der Waals surface area contributed by atoms with Gasteiger partial charge in [-0.05, 0) is 32.6 Å². The van der Waals surface area contributed by atoms with Crippen LogP contribution in [0.2, 0.25) is 0 Å². The lowest BCUT2D eigenvalue weighted by molar-refractivity contribution is -0.149. The van der Waals surface area contributed by atoms with Crippen molar-refractivity contribution in [2.45, 2.75) is 53.0 Å². The lowest BCUT2D eigenvalue weighted by Crippen LogP contribution is -2.46. The number of hydrogen-bond donors (Lipinski definition) is 1. The summed E-state index contributed by atoms with van der Waals surface area (Å²) in [6.07, 6.45) is 3.51. The minimum Gasteiger partial charge on any atom is -0.466 e. The summed E-state index contributed by atoms with van der Waals surface area (Å²) < 4.78 is 7.14. The van der Waals surface area contributed by atoms with Crippen LogP contribution in [0, 0.1) is 5.92 Å². The van der Waals surface area contributed by atoms with E-state index in [1.165, 1.54) is 11.3 Å². The SMILES string of the molecule is CCOC(=O)C1CCN(C(=NC)NCc2c(CC)nn(C)c2CC)CC1.I. The van der Waals surface area contributed by atoms with E-state index in [0.717, 1.165) is 57.0 Å². The van der Waals surface area contributed by atoms with Crippen molar-refractivity contribution in [3.63, 3.8) is 0 Å². The number of aromatic nitrogens is 2. The molecule has 2 rings (SSSR count). The number of carbonyl (C=O) groups is 1. The topological polar surface area (TPSA) is 71.8 Å². The summed E-state index contributed by atoms with van der Waals surface area (Å²) in [4.78, 5) is 18.6. The molecule has 0 aromatic carbocycles. The van der Waals surface area contributed by atoms with E-state index in [2.05, 4.69) is 34.2 Å². The van der Waals surface area contributed by atoms with Gasteiger partial charge in [-0.3, -0.25) is 14.5 Å². The van der Waals surface area contributed by atoms with Crippen LogP contribution in [0.4, 0.5) is 0 Å². The minimum atomic E-state index is -0.0642. The Morgan fingerprint density at radius 1 is 1.26 bits per heavy atom. The summed E-state index contributed by atoms with van der Waals surface area (Å²) in [6, 6.07) is 0. The molecule has 0 bridgehead atoms. The molecule has 0 radical (unpaired) electrons. The third-order valence-electron chi connectivity index (χ3n) is 5.08. The van der Waals surface area contributed by atoms with Crippen molar-refractivity contribution in [3.05, 3.63) is 17.0 Å². The fraction of sp³-hybridized carbons (Fsp3) is 0.737. The maximum Gasteiger partial charge on any atom is 0.309 e. The molecule has 1 aliphatic rings. The standard InChI is InChI=1S/C19H33N5O2.HI/c1-6-16-15(17(7-2)23(5)22-16)13-21-19(20-4)24-11-9-14(10-12-24)18(25)26-8-3;/h14H,6-13H2,1-5H3,(H,20,21);1H. The summed E-state index contributed by atoms with van der Waals surface area (Å²) in [5, 5.41) is 8.13. The lowest BCUT2D eigenvalue weighted by atomic mass is 9.97. The molecular formula is C19H34IN5O2. The highest BCUT2D eigenvalue weighted by molar-refractivity contribution is 14.0.